The molecule has 94 valence electrons. The van der Waals surface area contributed by atoms with Gasteiger partial charge in [0.05, 0.1) is 13.0 Å². The van der Waals surface area contributed by atoms with Gasteiger partial charge in [0.15, 0.2) is 5.78 Å². The van der Waals surface area contributed by atoms with Crippen LogP contribution in [-0.2, 0) is 14.4 Å². The summed E-state index contributed by atoms with van der Waals surface area (Å²) < 4.78 is 0. The molecular weight excluding hydrogens is 232 g/mol. The number of benzene rings is 1. The summed E-state index contributed by atoms with van der Waals surface area (Å²) in [6.45, 7) is 3.42. The van der Waals surface area contributed by atoms with Crippen molar-refractivity contribution in [2.75, 3.05) is 16.8 Å². The molecule has 5 heteroatoms. The highest BCUT2D eigenvalue weighted by Gasteiger charge is 2.28. The van der Waals surface area contributed by atoms with E-state index in [1.165, 1.54) is 11.8 Å². The molecule has 1 aromatic carbocycles. The number of rotatable bonds is 2. The van der Waals surface area contributed by atoms with Gasteiger partial charge in [-0.1, -0.05) is 0 Å². The van der Waals surface area contributed by atoms with Gasteiger partial charge in [-0.15, -0.1) is 0 Å². The standard InChI is InChI=1S/C13H14N2O3/c1-8-5-10(3-4-12(8)14-9(2)16)15-7-11(17)6-13(15)18/h3-5H,6-7H2,1-2H3,(H,14,16). The van der Waals surface area contributed by atoms with E-state index < -0.39 is 0 Å². The molecular formula is C13H14N2O3. The third-order valence-corrected chi connectivity index (χ3v) is 2.82. The number of anilines is 2. The van der Waals surface area contributed by atoms with E-state index in [2.05, 4.69) is 5.32 Å². The molecule has 2 amide bonds. The largest absolute Gasteiger partial charge is 0.326 e. The van der Waals surface area contributed by atoms with E-state index in [9.17, 15) is 14.4 Å². The van der Waals surface area contributed by atoms with E-state index in [0.717, 1.165) is 5.56 Å². The van der Waals surface area contributed by atoms with Crippen LogP contribution in [0.1, 0.15) is 18.9 Å². The molecule has 5 nitrogen and oxygen atoms in total. The summed E-state index contributed by atoms with van der Waals surface area (Å²) in [5.41, 5.74) is 2.26. The van der Waals surface area contributed by atoms with Crippen LogP contribution in [0.5, 0.6) is 0 Å². The second kappa shape index (κ2) is 4.60. The van der Waals surface area contributed by atoms with Gasteiger partial charge >= 0.3 is 0 Å². The number of amides is 2. The summed E-state index contributed by atoms with van der Waals surface area (Å²) in [5, 5.41) is 2.70. The van der Waals surface area contributed by atoms with Gasteiger partial charge in [-0.05, 0) is 30.7 Å². The minimum Gasteiger partial charge on any atom is -0.326 e. The maximum Gasteiger partial charge on any atom is 0.234 e. The lowest BCUT2D eigenvalue weighted by molar-refractivity contribution is -0.121. The van der Waals surface area contributed by atoms with Gasteiger partial charge in [0.25, 0.3) is 0 Å². The van der Waals surface area contributed by atoms with Crippen molar-refractivity contribution in [1.82, 2.24) is 0 Å². The maximum atomic E-state index is 11.6. The molecule has 0 aromatic heterocycles. The summed E-state index contributed by atoms with van der Waals surface area (Å²) in [4.78, 5) is 35.3. The van der Waals surface area contributed by atoms with Crippen LogP contribution in [-0.4, -0.2) is 24.1 Å². The van der Waals surface area contributed by atoms with Crippen molar-refractivity contribution in [3.8, 4) is 0 Å². The van der Waals surface area contributed by atoms with Gasteiger partial charge in [-0.2, -0.15) is 0 Å². The van der Waals surface area contributed by atoms with Crippen LogP contribution in [0, 0.1) is 6.92 Å². The van der Waals surface area contributed by atoms with Crippen molar-refractivity contribution < 1.29 is 14.4 Å². The zero-order valence-electron chi connectivity index (χ0n) is 10.3. The first-order chi connectivity index (χ1) is 8.47. The van der Waals surface area contributed by atoms with Crippen molar-refractivity contribution in [2.24, 2.45) is 0 Å². The van der Waals surface area contributed by atoms with E-state index in [1.807, 2.05) is 6.92 Å². The van der Waals surface area contributed by atoms with Gasteiger partial charge < -0.3 is 10.2 Å². The quantitative estimate of drug-likeness (QED) is 0.799. The number of ketones is 1. The minimum absolute atomic E-state index is 0.0213. The maximum absolute atomic E-state index is 11.6. The Balaban J connectivity index is 2.26. The number of nitrogens with one attached hydrogen (secondary N) is 1. The predicted molar refractivity (Wildman–Crippen MR) is 67.5 cm³/mol. The van der Waals surface area contributed by atoms with E-state index in [-0.39, 0.29) is 30.6 Å². The number of carbonyl (C=O) groups is 3. The average molecular weight is 246 g/mol. The zero-order valence-corrected chi connectivity index (χ0v) is 10.3. The lowest BCUT2D eigenvalue weighted by atomic mass is 10.1. The van der Waals surface area contributed by atoms with Crippen molar-refractivity contribution in [3.63, 3.8) is 0 Å². The molecule has 0 bridgehead atoms. The summed E-state index contributed by atoms with van der Waals surface area (Å²) in [7, 11) is 0. The zero-order chi connectivity index (χ0) is 13.3. The molecule has 0 radical (unpaired) electrons. The molecule has 18 heavy (non-hydrogen) atoms. The highest BCUT2D eigenvalue weighted by Crippen LogP contribution is 2.25. The lowest BCUT2D eigenvalue weighted by Gasteiger charge is -2.16. The van der Waals surface area contributed by atoms with Crippen LogP contribution in [0.3, 0.4) is 0 Å². The van der Waals surface area contributed by atoms with Crippen LogP contribution in [0.2, 0.25) is 0 Å². The Hall–Kier alpha value is -2.17. The molecule has 1 aliphatic rings. The second-order valence-corrected chi connectivity index (χ2v) is 4.38. The van der Waals surface area contributed by atoms with E-state index >= 15 is 0 Å². The van der Waals surface area contributed by atoms with Crippen LogP contribution in [0.4, 0.5) is 11.4 Å². The number of aryl methyl sites for hydroxylation is 1. The SMILES string of the molecule is CC(=O)Nc1ccc(N2CC(=O)CC2=O)cc1C. The first-order valence-corrected chi connectivity index (χ1v) is 5.67. The van der Waals surface area contributed by atoms with Crippen molar-refractivity contribution in [3.05, 3.63) is 23.8 Å². The molecule has 2 rings (SSSR count). The van der Waals surface area contributed by atoms with Gasteiger partial charge in [0.2, 0.25) is 11.8 Å². The number of nitrogens with zero attached hydrogens (tertiary/aromatic N) is 1. The monoisotopic (exact) mass is 246 g/mol. The molecule has 1 fully saturated rings. The molecule has 1 saturated heterocycles. The summed E-state index contributed by atoms with van der Waals surface area (Å²) in [5.74, 6) is -0.381. The Labute approximate surface area is 105 Å². The highest BCUT2D eigenvalue weighted by molar-refractivity contribution is 6.15. The first kappa shape index (κ1) is 12.3. The third-order valence-electron chi connectivity index (χ3n) is 2.82. The Bertz CT molecular complexity index is 537. The third kappa shape index (κ3) is 2.40. The lowest BCUT2D eigenvalue weighted by Crippen LogP contribution is -2.24. The van der Waals surface area contributed by atoms with Crippen LogP contribution < -0.4 is 10.2 Å². The van der Waals surface area contributed by atoms with E-state index in [1.54, 1.807) is 18.2 Å². The van der Waals surface area contributed by atoms with Crippen molar-refractivity contribution >= 4 is 29.0 Å². The van der Waals surface area contributed by atoms with Gasteiger partial charge in [0.1, 0.15) is 0 Å². The Morgan fingerprint density at radius 2 is 2.06 bits per heavy atom. The summed E-state index contributed by atoms with van der Waals surface area (Å²) in [6.07, 6.45) is -0.0213. The molecule has 1 heterocycles. The molecule has 0 atom stereocenters. The van der Waals surface area contributed by atoms with Gasteiger partial charge in [0, 0.05) is 18.3 Å². The molecule has 0 unspecified atom stereocenters. The smallest absolute Gasteiger partial charge is 0.234 e. The van der Waals surface area contributed by atoms with Crippen LogP contribution >= 0.6 is 0 Å². The Morgan fingerprint density at radius 3 is 2.56 bits per heavy atom. The van der Waals surface area contributed by atoms with Crippen molar-refractivity contribution in [1.29, 1.82) is 0 Å². The van der Waals surface area contributed by atoms with Gasteiger partial charge in [-0.3, -0.25) is 14.4 Å². The first-order valence-electron chi connectivity index (χ1n) is 5.67. The molecule has 0 spiro atoms. The highest BCUT2D eigenvalue weighted by atomic mass is 16.2. The van der Waals surface area contributed by atoms with Gasteiger partial charge in [-0.25, -0.2) is 0 Å². The second-order valence-electron chi connectivity index (χ2n) is 4.38. The molecule has 1 aliphatic heterocycles. The molecule has 1 N–H and O–H groups in total. The molecule has 0 saturated carbocycles. The number of hydrogen-bond donors (Lipinski definition) is 1. The number of hydrogen-bond acceptors (Lipinski definition) is 3. The Morgan fingerprint density at radius 1 is 1.33 bits per heavy atom. The fraction of sp³-hybridized carbons (Fsp3) is 0.308. The normalized spacial score (nSPS) is 15.1. The summed E-state index contributed by atoms with van der Waals surface area (Å²) in [6, 6.07) is 5.26. The fourth-order valence-corrected chi connectivity index (χ4v) is 1.97. The molecule has 0 aliphatic carbocycles. The minimum atomic E-state index is -0.174. The number of carbonyl (C=O) groups excluding carboxylic acids is 3. The topological polar surface area (TPSA) is 66.5 Å². The number of Topliss-reactive ketones (excluding diaryl/α,β-unsaturated/α-hetero) is 1. The fourth-order valence-electron chi connectivity index (χ4n) is 1.97. The van der Waals surface area contributed by atoms with Crippen molar-refractivity contribution in [2.45, 2.75) is 20.3 Å². The van der Waals surface area contributed by atoms with Crippen LogP contribution in [0.25, 0.3) is 0 Å². The van der Waals surface area contributed by atoms with Crippen LogP contribution in [0.15, 0.2) is 18.2 Å². The molecule has 1 aromatic rings. The summed E-state index contributed by atoms with van der Waals surface area (Å²) >= 11 is 0. The predicted octanol–water partition coefficient (Wildman–Crippen LogP) is 1.26. The van der Waals surface area contributed by atoms with E-state index in [0.29, 0.717) is 11.4 Å². The Kier molecular flexibility index (Phi) is 3.14. The average Bonchev–Trinajstić information content (AvgIpc) is 2.60. The van der Waals surface area contributed by atoms with E-state index in [4.69, 9.17) is 0 Å².